The lowest BCUT2D eigenvalue weighted by molar-refractivity contribution is -0.862. The van der Waals surface area contributed by atoms with Gasteiger partial charge in [0.1, 0.15) is 0 Å². The molecular weight excluding hydrogens is 394 g/mol. The molecular formula is C24H34N3O4+. The highest BCUT2D eigenvalue weighted by atomic mass is 16.5. The molecule has 0 radical (unpaired) electrons. The number of ether oxygens (including phenoxy) is 2. The molecule has 0 saturated heterocycles. The van der Waals surface area contributed by atoms with Crippen LogP contribution in [0.5, 0.6) is 11.5 Å². The van der Waals surface area contributed by atoms with Crippen LogP contribution >= 0.6 is 0 Å². The lowest BCUT2D eigenvalue weighted by Crippen LogP contribution is -3.11. The molecule has 7 heteroatoms. The van der Waals surface area contributed by atoms with Crippen molar-refractivity contribution in [3.8, 4) is 11.5 Å². The number of carbonyl (C=O) groups is 2. The van der Waals surface area contributed by atoms with Gasteiger partial charge in [-0.25, -0.2) is 0 Å². The number of hydrogen-bond donors (Lipinski definition) is 2. The minimum absolute atomic E-state index is 0.00495. The van der Waals surface area contributed by atoms with E-state index in [-0.39, 0.29) is 24.9 Å². The Balaban J connectivity index is 1.95. The highest BCUT2D eigenvalue weighted by Gasteiger charge is 2.20. The molecule has 0 aromatic heterocycles. The summed E-state index contributed by atoms with van der Waals surface area (Å²) in [6.45, 7) is 7.38. The summed E-state index contributed by atoms with van der Waals surface area (Å²) >= 11 is 0. The SMILES string of the molecule is CCN(Cc1ccc(OC)c(OC)c1)C(=O)C[NH+](C)CC(=O)Nc1c(C)cccc1C. The summed E-state index contributed by atoms with van der Waals surface area (Å²) in [5.41, 5.74) is 3.84. The highest BCUT2D eigenvalue weighted by Crippen LogP contribution is 2.28. The van der Waals surface area contributed by atoms with Crippen LogP contribution in [-0.2, 0) is 16.1 Å². The van der Waals surface area contributed by atoms with Crippen LogP contribution in [0.1, 0.15) is 23.6 Å². The molecule has 0 fully saturated rings. The maximum atomic E-state index is 12.8. The minimum atomic E-state index is -0.106. The van der Waals surface area contributed by atoms with E-state index >= 15 is 0 Å². The molecule has 0 aliphatic carbocycles. The largest absolute Gasteiger partial charge is 0.493 e. The second kappa shape index (κ2) is 11.4. The normalized spacial score (nSPS) is 11.5. The van der Waals surface area contributed by atoms with E-state index in [0.717, 1.165) is 27.3 Å². The molecule has 2 aromatic rings. The van der Waals surface area contributed by atoms with Gasteiger partial charge in [0.2, 0.25) is 0 Å². The second-order valence-corrected chi connectivity index (χ2v) is 7.72. The molecule has 2 amide bonds. The van der Waals surface area contributed by atoms with E-state index in [9.17, 15) is 9.59 Å². The van der Waals surface area contributed by atoms with Crippen molar-refractivity contribution < 1.29 is 24.0 Å². The van der Waals surface area contributed by atoms with E-state index in [1.54, 1.807) is 19.1 Å². The summed E-state index contributed by atoms with van der Waals surface area (Å²) < 4.78 is 10.6. The Hall–Kier alpha value is -3.06. The first-order valence-corrected chi connectivity index (χ1v) is 10.4. The maximum absolute atomic E-state index is 12.8. The van der Waals surface area contributed by atoms with Gasteiger partial charge in [0.25, 0.3) is 11.8 Å². The quantitative estimate of drug-likeness (QED) is 0.606. The minimum Gasteiger partial charge on any atom is -0.493 e. The lowest BCUT2D eigenvalue weighted by atomic mass is 10.1. The van der Waals surface area contributed by atoms with Crippen molar-refractivity contribution in [1.82, 2.24) is 4.90 Å². The van der Waals surface area contributed by atoms with Crippen LogP contribution < -0.4 is 19.7 Å². The molecule has 168 valence electrons. The summed E-state index contributed by atoms with van der Waals surface area (Å²) in [5, 5.41) is 2.98. The number of benzene rings is 2. The molecule has 2 rings (SSSR count). The third kappa shape index (κ3) is 6.72. The number of methoxy groups -OCH3 is 2. The molecule has 31 heavy (non-hydrogen) atoms. The predicted octanol–water partition coefficient (Wildman–Crippen LogP) is 1.82. The van der Waals surface area contributed by atoms with Crippen molar-refractivity contribution in [2.45, 2.75) is 27.3 Å². The number of aryl methyl sites for hydroxylation is 2. The second-order valence-electron chi connectivity index (χ2n) is 7.72. The number of quaternary nitrogens is 1. The Morgan fingerprint density at radius 3 is 2.23 bits per heavy atom. The monoisotopic (exact) mass is 428 g/mol. The van der Waals surface area contributed by atoms with Crippen LogP contribution in [0, 0.1) is 13.8 Å². The zero-order chi connectivity index (χ0) is 23.0. The topological polar surface area (TPSA) is 72.3 Å². The van der Waals surface area contributed by atoms with Gasteiger partial charge in [0.15, 0.2) is 24.6 Å². The number of nitrogens with one attached hydrogen (secondary N) is 2. The average molecular weight is 429 g/mol. The fraction of sp³-hybridized carbons (Fsp3) is 0.417. The Labute approximate surface area is 184 Å². The summed E-state index contributed by atoms with van der Waals surface area (Å²) in [7, 11) is 5.03. The first-order valence-electron chi connectivity index (χ1n) is 10.4. The molecule has 0 spiro atoms. The van der Waals surface area contributed by atoms with Crippen LogP contribution in [0.3, 0.4) is 0 Å². The van der Waals surface area contributed by atoms with E-state index in [4.69, 9.17) is 9.47 Å². The van der Waals surface area contributed by atoms with Gasteiger partial charge in [-0.3, -0.25) is 9.59 Å². The molecule has 2 N–H and O–H groups in total. The number of hydrogen-bond acceptors (Lipinski definition) is 4. The van der Waals surface area contributed by atoms with Crippen LogP contribution in [0.2, 0.25) is 0 Å². The Kier molecular flexibility index (Phi) is 8.88. The molecule has 0 aliphatic rings. The number of amides is 2. The van der Waals surface area contributed by atoms with Gasteiger partial charge < -0.3 is 24.6 Å². The zero-order valence-corrected chi connectivity index (χ0v) is 19.4. The number of carbonyl (C=O) groups excluding carboxylic acids is 2. The Morgan fingerprint density at radius 2 is 1.65 bits per heavy atom. The molecule has 0 aliphatic heterocycles. The van der Waals surface area contributed by atoms with Gasteiger partial charge in [0, 0.05) is 18.8 Å². The van der Waals surface area contributed by atoms with E-state index in [2.05, 4.69) is 5.32 Å². The number of para-hydroxylation sites is 1. The van der Waals surface area contributed by atoms with Crippen LogP contribution in [0.4, 0.5) is 5.69 Å². The van der Waals surface area contributed by atoms with Gasteiger partial charge >= 0.3 is 0 Å². The summed E-state index contributed by atoms with van der Waals surface area (Å²) in [4.78, 5) is 27.9. The Bertz CT molecular complexity index is 893. The van der Waals surface area contributed by atoms with E-state index in [1.807, 2.05) is 64.2 Å². The van der Waals surface area contributed by atoms with Crippen molar-refractivity contribution in [2.24, 2.45) is 0 Å². The van der Waals surface area contributed by atoms with Crippen LogP contribution in [0.25, 0.3) is 0 Å². The smallest absolute Gasteiger partial charge is 0.279 e. The van der Waals surface area contributed by atoms with Crippen LogP contribution in [0.15, 0.2) is 36.4 Å². The third-order valence-electron chi connectivity index (χ3n) is 5.22. The van der Waals surface area contributed by atoms with Gasteiger partial charge in [-0.1, -0.05) is 24.3 Å². The number of rotatable bonds is 10. The highest BCUT2D eigenvalue weighted by molar-refractivity contribution is 5.93. The van der Waals surface area contributed by atoms with Crippen LogP contribution in [-0.4, -0.2) is 57.6 Å². The van der Waals surface area contributed by atoms with Crippen molar-refractivity contribution in [2.75, 3.05) is 46.2 Å². The maximum Gasteiger partial charge on any atom is 0.279 e. The Morgan fingerprint density at radius 1 is 1.00 bits per heavy atom. The van der Waals surface area contributed by atoms with Crippen molar-refractivity contribution >= 4 is 17.5 Å². The van der Waals surface area contributed by atoms with Crippen molar-refractivity contribution in [1.29, 1.82) is 0 Å². The first kappa shape index (κ1) is 24.2. The predicted molar refractivity (Wildman–Crippen MR) is 122 cm³/mol. The molecule has 0 bridgehead atoms. The lowest BCUT2D eigenvalue weighted by Gasteiger charge is -2.23. The molecule has 2 aromatic carbocycles. The summed E-state index contributed by atoms with van der Waals surface area (Å²) in [6, 6.07) is 11.5. The first-order chi connectivity index (χ1) is 14.8. The third-order valence-corrected chi connectivity index (χ3v) is 5.22. The van der Waals surface area contributed by atoms with Gasteiger partial charge in [-0.05, 0) is 49.6 Å². The average Bonchev–Trinajstić information content (AvgIpc) is 2.74. The molecule has 7 nitrogen and oxygen atoms in total. The molecule has 1 atom stereocenters. The summed E-state index contributed by atoms with van der Waals surface area (Å²) in [6.07, 6.45) is 0. The van der Waals surface area contributed by atoms with Gasteiger partial charge in [-0.15, -0.1) is 0 Å². The molecule has 1 unspecified atom stereocenters. The molecule has 0 saturated carbocycles. The standard InChI is InChI=1S/C24H33N3O4/c1-7-27(14-19-11-12-20(30-5)21(13-19)31-6)23(29)16-26(4)15-22(28)25-24-17(2)9-8-10-18(24)3/h8-13H,7,14-16H2,1-6H3,(H,25,28)/p+1. The molecule has 0 heterocycles. The van der Waals surface area contributed by atoms with Gasteiger partial charge in [-0.2, -0.15) is 0 Å². The zero-order valence-electron chi connectivity index (χ0n) is 19.4. The number of nitrogens with zero attached hydrogens (tertiary/aromatic N) is 1. The van der Waals surface area contributed by atoms with E-state index < -0.39 is 0 Å². The van der Waals surface area contributed by atoms with Crippen molar-refractivity contribution in [3.63, 3.8) is 0 Å². The summed E-state index contributed by atoms with van der Waals surface area (Å²) in [5.74, 6) is 1.18. The number of likely N-dealkylation sites (N-methyl/N-ethyl adjacent to an activating group) is 2. The fourth-order valence-corrected chi connectivity index (χ4v) is 3.48. The van der Waals surface area contributed by atoms with Gasteiger partial charge in [0.05, 0.1) is 21.3 Å². The van der Waals surface area contributed by atoms with Crippen molar-refractivity contribution in [3.05, 3.63) is 53.1 Å². The van der Waals surface area contributed by atoms with E-state index in [1.165, 1.54) is 0 Å². The van der Waals surface area contributed by atoms with E-state index in [0.29, 0.717) is 24.6 Å². The number of anilines is 1. The fourth-order valence-electron chi connectivity index (χ4n) is 3.48.